The van der Waals surface area contributed by atoms with Gasteiger partial charge in [-0.05, 0) is 24.6 Å². The van der Waals surface area contributed by atoms with Crippen molar-refractivity contribution in [1.82, 2.24) is 0 Å². The Balaban J connectivity index is 0. The molecule has 0 aliphatic heterocycles. The minimum absolute atomic E-state index is 0. The number of hydrogen-bond acceptors (Lipinski definition) is 4. The van der Waals surface area contributed by atoms with Crippen molar-refractivity contribution in [2.75, 3.05) is 17.6 Å². The van der Waals surface area contributed by atoms with Gasteiger partial charge in [0.05, 0.1) is 6.10 Å². The first-order valence-electron chi connectivity index (χ1n) is 4.80. The second-order valence-corrected chi connectivity index (χ2v) is 5.15. The zero-order valence-electron chi connectivity index (χ0n) is 10.9. The summed E-state index contributed by atoms with van der Waals surface area (Å²) >= 11 is 0. The second-order valence-electron chi connectivity index (χ2n) is 3.65. The van der Waals surface area contributed by atoms with Crippen LogP contribution < -0.4 is 34.9 Å². The average molecular weight is 269 g/mol. The SMILES string of the molecule is Cc1cccc(NC[C@H](O)CS(=O)(=O)O)c1.[H-].[Na+]. The topological polar surface area (TPSA) is 86.6 Å². The predicted molar refractivity (Wildman–Crippen MR) is 63.2 cm³/mol. The Kier molecular flexibility index (Phi) is 7.30. The van der Waals surface area contributed by atoms with Crippen LogP contribution in [0.4, 0.5) is 5.69 Å². The number of nitrogens with one attached hydrogen (secondary N) is 1. The molecule has 0 aromatic heterocycles. The molecule has 0 aliphatic carbocycles. The van der Waals surface area contributed by atoms with Crippen LogP contribution in [0, 0.1) is 6.92 Å². The first-order chi connectivity index (χ1) is 7.37. The van der Waals surface area contributed by atoms with Crippen LogP contribution in [0.2, 0.25) is 0 Å². The Labute approximate surface area is 125 Å². The Morgan fingerprint density at radius 1 is 1.47 bits per heavy atom. The molecule has 5 nitrogen and oxygen atoms in total. The number of hydrogen-bond donors (Lipinski definition) is 3. The van der Waals surface area contributed by atoms with Gasteiger partial charge in [-0.15, -0.1) is 0 Å². The summed E-state index contributed by atoms with van der Waals surface area (Å²) in [7, 11) is -4.13. The smallest absolute Gasteiger partial charge is 1.00 e. The molecule has 92 valence electrons. The number of benzene rings is 1. The van der Waals surface area contributed by atoms with Crippen molar-refractivity contribution < 1.29 is 49.1 Å². The number of aryl methyl sites for hydroxylation is 1. The molecule has 1 aromatic carbocycles. The molecule has 0 fully saturated rings. The van der Waals surface area contributed by atoms with Crippen molar-refractivity contribution in [1.29, 1.82) is 0 Å². The number of anilines is 1. The molecule has 0 aliphatic rings. The molecule has 0 unspecified atom stereocenters. The fourth-order valence-corrected chi connectivity index (χ4v) is 1.90. The summed E-state index contributed by atoms with van der Waals surface area (Å²) in [5, 5.41) is 12.2. The summed E-state index contributed by atoms with van der Waals surface area (Å²) in [5.41, 5.74) is 1.86. The molecule has 0 saturated carbocycles. The van der Waals surface area contributed by atoms with E-state index in [9.17, 15) is 13.5 Å². The third kappa shape index (κ3) is 7.75. The Morgan fingerprint density at radius 2 is 2.12 bits per heavy atom. The first-order valence-corrected chi connectivity index (χ1v) is 6.41. The fraction of sp³-hybridized carbons (Fsp3) is 0.400. The summed E-state index contributed by atoms with van der Waals surface area (Å²) in [6, 6.07) is 7.47. The van der Waals surface area contributed by atoms with Crippen LogP contribution in [0.15, 0.2) is 24.3 Å². The van der Waals surface area contributed by atoms with Gasteiger partial charge >= 0.3 is 29.6 Å². The van der Waals surface area contributed by atoms with E-state index < -0.39 is 22.0 Å². The molecule has 1 aromatic rings. The van der Waals surface area contributed by atoms with Crippen molar-refractivity contribution in [3.05, 3.63) is 29.8 Å². The summed E-state index contributed by atoms with van der Waals surface area (Å²) in [6.45, 7) is 2.00. The van der Waals surface area contributed by atoms with Crippen LogP contribution in [0.25, 0.3) is 0 Å². The van der Waals surface area contributed by atoms with Crippen LogP contribution >= 0.6 is 0 Å². The molecule has 0 amide bonds. The maximum Gasteiger partial charge on any atom is 1.00 e. The molecular formula is C10H16NNaO4S. The summed E-state index contributed by atoms with van der Waals surface area (Å²) < 4.78 is 29.5. The zero-order valence-corrected chi connectivity index (χ0v) is 12.7. The predicted octanol–water partition coefficient (Wildman–Crippen LogP) is -2.23. The minimum Gasteiger partial charge on any atom is -1.00 e. The molecule has 1 atom stereocenters. The van der Waals surface area contributed by atoms with Crippen LogP contribution in [-0.2, 0) is 10.1 Å². The minimum atomic E-state index is -4.13. The molecule has 17 heavy (non-hydrogen) atoms. The van der Waals surface area contributed by atoms with E-state index in [1.165, 1.54) is 0 Å². The number of aliphatic hydroxyl groups excluding tert-OH is 1. The van der Waals surface area contributed by atoms with Gasteiger partial charge in [-0.1, -0.05) is 12.1 Å². The quantitative estimate of drug-likeness (QED) is 0.416. The molecule has 0 bridgehead atoms. The Morgan fingerprint density at radius 3 is 2.65 bits per heavy atom. The Bertz CT molecular complexity index is 455. The number of aliphatic hydroxyl groups is 1. The zero-order chi connectivity index (χ0) is 12.2. The van der Waals surface area contributed by atoms with E-state index in [1.54, 1.807) is 0 Å². The van der Waals surface area contributed by atoms with Gasteiger partial charge in [0.15, 0.2) is 0 Å². The Hall–Kier alpha value is -0.110. The van der Waals surface area contributed by atoms with Crippen molar-refractivity contribution in [3.8, 4) is 0 Å². The van der Waals surface area contributed by atoms with Gasteiger partial charge in [0.2, 0.25) is 0 Å². The molecule has 1 rings (SSSR count). The first kappa shape index (κ1) is 16.9. The monoisotopic (exact) mass is 269 g/mol. The van der Waals surface area contributed by atoms with Crippen LogP contribution in [0.3, 0.4) is 0 Å². The summed E-state index contributed by atoms with van der Waals surface area (Å²) in [6.07, 6.45) is -1.13. The molecule has 0 spiro atoms. The van der Waals surface area contributed by atoms with Gasteiger partial charge in [-0.2, -0.15) is 8.42 Å². The summed E-state index contributed by atoms with van der Waals surface area (Å²) in [5.74, 6) is -0.661. The molecule has 3 N–H and O–H groups in total. The number of rotatable bonds is 5. The third-order valence-electron chi connectivity index (χ3n) is 1.96. The van der Waals surface area contributed by atoms with Crippen molar-refractivity contribution in [2.24, 2.45) is 0 Å². The van der Waals surface area contributed by atoms with Gasteiger partial charge in [0, 0.05) is 12.2 Å². The van der Waals surface area contributed by atoms with E-state index >= 15 is 0 Å². The largest absolute Gasteiger partial charge is 1.00 e. The molecule has 0 heterocycles. The average Bonchev–Trinajstić information content (AvgIpc) is 2.12. The van der Waals surface area contributed by atoms with E-state index in [0.29, 0.717) is 0 Å². The standard InChI is InChI=1S/C10H15NO4S.Na.H/c1-8-3-2-4-9(5-8)11-6-10(12)7-16(13,14)15;;/h2-5,10-12H,6-7H2,1H3,(H,13,14,15);;/q;+1;-1/t10-;;/m0../s1. The van der Waals surface area contributed by atoms with E-state index in [0.717, 1.165) is 11.3 Å². The molecule has 0 saturated heterocycles. The van der Waals surface area contributed by atoms with Crippen molar-refractivity contribution >= 4 is 15.8 Å². The summed E-state index contributed by atoms with van der Waals surface area (Å²) in [4.78, 5) is 0. The van der Waals surface area contributed by atoms with E-state index in [4.69, 9.17) is 4.55 Å². The molecule has 7 heteroatoms. The third-order valence-corrected chi connectivity index (χ3v) is 2.77. The van der Waals surface area contributed by atoms with Crippen LogP contribution in [0.5, 0.6) is 0 Å². The van der Waals surface area contributed by atoms with Crippen molar-refractivity contribution in [2.45, 2.75) is 13.0 Å². The van der Waals surface area contributed by atoms with Gasteiger partial charge in [-0.25, -0.2) is 0 Å². The maximum absolute atomic E-state index is 10.5. The fourth-order valence-electron chi connectivity index (χ4n) is 1.29. The van der Waals surface area contributed by atoms with Gasteiger partial charge < -0.3 is 11.8 Å². The van der Waals surface area contributed by atoms with Gasteiger partial charge in [0.25, 0.3) is 10.1 Å². The van der Waals surface area contributed by atoms with E-state index in [-0.39, 0.29) is 37.5 Å². The van der Waals surface area contributed by atoms with Crippen LogP contribution in [-0.4, -0.2) is 36.5 Å². The van der Waals surface area contributed by atoms with E-state index in [2.05, 4.69) is 5.32 Å². The van der Waals surface area contributed by atoms with Crippen LogP contribution in [0.1, 0.15) is 6.99 Å². The van der Waals surface area contributed by atoms with Crippen molar-refractivity contribution in [3.63, 3.8) is 0 Å². The van der Waals surface area contributed by atoms with E-state index in [1.807, 2.05) is 31.2 Å². The molecular weight excluding hydrogens is 253 g/mol. The maximum atomic E-state index is 10.5. The van der Waals surface area contributed by atoms with Gasteiger partial charge in [0.1, 0.15) is 5.75 Å². The second kappa shape index (κ2) is 7.35. The normalized spacial score (nSPS) is 12.6. The van der Waals surface area contributed by atoms with Gasteiger partial charge in [-0.3, -0.25) is 4.55 Å². The molecule has 0 radical (unpaired) electrons.